The van der Waals surface area contributed by atoms with Crippen molar-refractivity contribution in [1.29, 1.82) is 0 Å². The first kappa shape index (κ1) is 13.7. The average Bonchev–Trinajstić information content (AvgIpc) is 2.77. The van der Waals surface area contributed by atoms with Crippen LogP contribution in [0.3, 0.4) is 0 Å². The fourth-order valence-corrected chi connectivity index (χ4v) is 3.44. The molecule has 0 heterocycles. The molecule has 0 saturated carbocycles. The zero-order chi connectivity index (χ0) is 14.7. The van der Waals surface area contributed by atoms with Gasteiger partial charge in [-0.25, -0.2) is 4.79 Å². The maximum atomic E-state index is 11.3. The van der Waals surface area contributed by atoms with Crippen LogP contribution in [0.5, 0.6) is 0 Å². The highest BCUT2D eigenvalue weighted by Crippen LogP contribution is 2.48. The lowest BCUT2D eigenvalue weighted by Crippen LogP contribution is -2.31. The van der Waals surface area contributed by atoms with Gasteiger partial charge in [-0.3, -0.25) is 0 Å². The molecule has 0 bridgehead atoms. The predicted octanol–water partition coefficient (Wildman–Crippen LogP) is 0.0492. The van der Waals surface area contributed by atoms with Gasteiger partial charge in [0.2, 0.25) is 0 Å². The number of urea groups is 1. The minimum Gasteiger partial charge on any atom is -0.351 e. The Morgan fingerprint density at radius 2 is 1.50 bits per heavy atom. The van der Waals surface area contributed by atoms with Crippen LogP contribution in [-0.2, 0) is 23.3 Å². The maximum Gasteiger partial charge on any atom is 0.316 e. The smallest absolute Gasteiger partial charge is 0.316 e. The molecule has 0 unspecified atom stereocenters. The fraction of sp³-hybridized carbons (Fsp3) is 0.462. The summed E-state index contributed by atoms with van der Waals surface area (Å²) in [6.45, 7) is 0. The van der Waals surface area contributed by atoms with E-state index < -0.39 is 16.5 Å². The monoisotopic (exact) mass is 256 g/mol. The Labute approximate surface area is 124 Å². The lowest BCUT2D eigenvalue weighted by Gasteiger charge is -2.30. The molecule has 3 rings (SSSR count). The predicted molar refractivity (Wildman–Crippen MR) is 82.7 cm³/mol. The van der Waals surface area contributed by atoms with Gasteiger partial charge >= 0.3 is 6.03 Å². The minimum absolute atomic E-state index is 0.509. The van der Waals surface area contributed by atoms with Crippen LogP contribution in [-0.4, -0.2) is 37.4 Å². The number of hydrogen-bond donors (Lipinski definition) is 2. The summed E-state index contributed by atoms with van der Waals surface area (Å²) in [7, 11) is 24.6. The first-order valence-corrected chi connectivity index (χ1v) is 6.64. The van der Waals surface area contributed by atoms with Crippen molar-refractivity contribution in [3.63, 3.8) is 0 Å². The number of hydrogen-bond acceptors (Lipinski definition) is 1. The Bertz CT molecular complexity index is 571. The van der Waals surface area contributed by atoms with E-state index in [0.29, 0.717) is 29.7 Å². The molecule has 1 aromatic rings. The molecule has 0 aromatic heterocycles. The molecule has 2 aliphatic rings. The summed E-state index contributed by atoms with van der Waals surface area (Å²) in [5.74, 6) is 0. The van der Waals surface area contributed by atoms with Gasteiger partial charge in [0.15, 0.2) is 0 Å². The first-order chi connectivity index (χ1) is 9.22. The quantitative estimate of drug-likeness (QED) is 0.685. The third-order valence-electron chi connectivity index (χ3n) is 4.29. The third-order valence-corrected chi connectivity index (χ3v) is 4.29. The van der Waals surface area contributed by atoms with Gasteiger partial charge in [-0.05, 0) is 35.1 Å². The summed E-state index contributed by atoms with van der Waals surface area (Å²) in [5.41, 5.74) is 9.27. The molecule has 0 spiro atoms. The van der Waals surface area contributed by atoms with Crippen LogP contribution in [0.2, 0.25) is 0 Å². The molecule has 20 heavy (non-hydrogen) atoms. The number of rotatable bonds is 1. The van der Waals surface area contributed by atoms with Gasteiger partial charge in [-0.2, -0.15) is 0 Å². The molecule has 1 aromatic carbocycles. The summed E-state index contributed by atoms with van der Waals surface area (Å²) in [4.78, 5) is 11.3. The van der Waals surface area contributed by atoms with Gasteiger partial charge in [-0.15, -0.1) is 0 Å². The normalized spacial score (nSPS) is 21.2. The Balaban J connectivity index is 2.30. The number of amides is 2. The largest absolute Gasteiger partial charge is 0.351 e. The second-order valence-electron chi connectivity index (χ2n) is 5.89. The van der Waals surface area contributed by atoms with Crippen molar-refractivity contribution in [3.8, 4) is 0 Å². The van der Waals surface area contributed by atoms with E-state index in [4.69, 9.17) is 37.1 Å². The number of carbonyl (C=O) groups excluding carboxylic acids is 1. The van der Waals surface area contributed by atoms with Crippen LogP contribution in [0.1, 0.15) is 35.1 Å². The van der Waals surface area contributed by atoms with E-state index in [0.717, 1.165) is 24.0 Å². The van der Waals surface area contributed by atoms with Crippen molar-refractivity contribution in [2.45, 2.75) is 36.1 Å². The van der Waals surface area contributed by atoms with Crippen LogP contribution in [0.25, 0.3) is 0 Å². The highest BCUT2D eigenvalue weighted by molar-refractivity contribution is 6.43. The summed E-state index contributed by atoms with van der Waals surface area (Å²) >= 11 is 0. The van der Waals surface area contributed by atoms with Gasteiger partial charge in [0.25, 0.3) is 0 Å². The Hall–Kier alpha value is -1.25. The number of carbonyl (C=O) groups is 1. The zero-order valence-electron chi connectivity index (χ0n) is 11.2. The van der Waals surface area contributed by atoms with E-state index in [1.54, 1.807) is 0 Å². The van der Waals surface area contributed by atoms with Crippen molar-refractivity contribution in [2.75, 3.05) is 5.32 Å². The van der Waals surface area contributed by atoms with Crippen LogP contribution in [0, 0.1) is 0 Å². The molecule has 0 atom stereocenters. The van der Waals surface area contributed by atoms with E-state index in [9.17, 15) is 4.79 Å². The standard InChI is InChI=1S/C13H12B4N2O/c14-12(15)3-1-6-5-7-2-4-13(16,17)9(7)10(8(6)12)19-11(18)20/h5H,1-4H2,(H3,18,19,20). The molecule has 92 valence electrons. The number of nitrogens with one attached hydrogen (secondary N) is 1. The molecule has 2 amide bonds. The van der Waals surface area contributed by atoms with Gasteiger partial charge in [0.1, 0.15) is 0 Å². The van der Waals surface area contributed by atoms with Gasteiger partial charge in [-0.1, -0.05) is 29.3 Å². The van der Waals surface area contributed by atoms with Crippen LogP contribution >= 0.6 is 0 Å². The lowest BCUT2D eigenvalue weighted by atomic mass is 9.48. The highest BCUT2D eigenvalue weighted by atomic mass is 16.2. The molecule has 3 nitrogen and oxygen atoms in total. The first-order valence-electron chi connectivity index (χ1n) is 6.64. The van der Waals surface area contributed by atoms with Crippen LogP contribution in [0.4, 0.5) is 10.5 Å². The summed E-state index contributed by atoms with van der Waals surface area (Å²) < 4.78 is 0. The van der Waals surface area contributed by atoms with E-state index in [2.05, 4.69) is 11.4 Å². The summed E-state index contributed by atoms with van der Waals surface area (Å²) in [5, 5.41) is 0.637. The molecule has 0 fully saturated rings. The zero-order valence-corrected chi connectivity index (χ0v) is 11.2. The number of benzene rings is 1. The Kier molecular flexibility index (Phi) is 2.83. The molecule has 0 aliphatic heterocycles. The number of fused-ring (bicyclic) bond motifs is 2. The van der Waals surface area contributed by atoms with Gasteiger partial charge in [0.05, 0.1) is 31.4 Å². The van der Waals surface area contributed by atoms with Crippen molar-refractivity contribution in [1.82, 2.24) is 0 Å². The van der Waals surface area contributed by atoms with Crippen molar-refractivity contribution >= 4 is 43.1 Å². The summed E-state index contributed by atoms with van der Waals surface area (Å²) in [6.07, 6.45) is 2.76. The number of primary amides is 1. The average molecular weight is 255 g/mol. The third kappa shape index (κ3) is 1.90. The Morgan fingerprint density at radius 3 is 1.90 bits per heavy atom. The SMILES string of the molecule is [B]C1([B])CCc2cc3c(c(NC(N)=O)c21)C([B])([B])CC3. The fourth-order valence-electron chi connectivity index (χ4n) is 3.44. The molecule has 3 N–H and O–H groups in total. The second kappa shape index (κ2) is 4.12. The van der Waals surface area contributed by atoms with Crippen LogP contribution in [0.15, 0.2) is 6.07 Å². The topological polar surface area (TPSA) is 55.1 Å². The molecule has 8 radical (unpaired) electrons. The molecule has 0 saturated heterocycles. The second-order valence-corrected chi connectivity index (χ2v) is 5.89. The molecular formula is C13H12B4N2O. The van der Waals surface area contributed by atoms with E-state index >= 15 is 0 Å². The lowest BCUT2D eigenvalue weighted by molar-refractivity contribution is 0.259. The summed E-state index contributed by atoms with van der Waals surface area (Å²) in [6, 6.07) is 1.38. The van der Waals surface area contributed by atoms with Crippen molar-refractivity contribution < 1.29 is 4.79 Å². The molecule has 2 aliphatic carbocycles. The Morgan fingerprint density at radius 1 is 1.05 bits per heavy atom. The van der Waals surface area contributed by atoms with E-state index in [-0.39, 0.29) is 0 Å². The van der Waals surface area contributed by atoms with Gasteiger partial charge in [0, 0.05) is 5.69 Å². The minimum atomic E-state index is -0.999. The van der Waals surface area contributed by atoms with Crippen LogP contribution < -0.4 is 11.1 Å². The number of anilines is 1. The number of aryl methyl sites for hydroxylation is 2. The highest BCUT2D eigenvalue weighted by Gasteiger charge is 2.39. The maximum absolute atomic E-state index is 11.3. The number of nitrogens with two attached hydrogens (primary N) is 1. The van der Waals surface area contributed by atoms with Crippen molar-refractivity contribution in [2.24, 2.45) is 5.73 Å². The van der Waals surface area contributed by atoms with E-state index in [1.165, 1.54) is 0 Å². The van der Waals surface area contributed by atoms with E-state index in [1.807, 2.05) is 0 Å². The van der Waals surface area contributed by atoms with Crippen molar-refractivity contribution in [3.05, 3.63) is 28.3 Å². The van der Waals surface area contributed by atoms with Gasteiger partial charge < -0.3 is 11.1 Å². The molecular weight excluding hydrogens is 243 g/mol. The molecule has 7 heteroatoms.